The number of aliphatic hydroxyl groups excluding tert-OH is 9. The summed E-state index contributed by atoms with van der Waals surface area (Å²) < 4.78 is 39.2. The third-order valence-corrected chi connectivity index (χ3v) is 13.8. The summed E-state index contributed by atoms with van der Waals surface area (Å²) in [5.74, 6) is -2.88. The molecule has 0 spiro atoms. The van der Waals surface area contributed by atoms with Gasteiger partial charge in [0.15, 0.2) is 18.9 Å². The van der Waals surface area contributed by atoms with Crippen LogP contribution in [0.25, 0.3) is 0 Å². The molecule has 10 unspecified atom stereocenters. The molecule has 0 aromatic heterocycles. The summed E-state index contributed by atoms with van der Waals surface area (Å²) in [6.07, 6.45) is -11.8. The Balaban J connectivity index is 0.00000501. The number of Topliss-reactive ketones (excluding diaryl/α,β-unsaturated/α-hetero) is 1. The highest BCUT2D eigenvalue weighted by Gasteiger charge is 2.45. The summed E-state index contributed by atoms with van der Waals surface area (Å²) in [6, 6.07) is 0. The van der Waals surface area contributed by atoms with Crippen molar-refractivity contribution < 1.29 is 103 Å². The first-order valence-electron chi connectivity index (χ1n) is 27.9. The Bertz CT molecular complexity index is 1630. The molecular weight excluding hydrogens is 1030 g/mol. The van der Waals surface area contributed by atoms with Crippen LogP contribution in [-0.2, 0) is 57.1 Å². The molecule has 3 heterocycles. The summed E-state index contributed by atoms with van der Waals surface area (Å²) in [4.78, 5) is 66.9. The van der Waals surface area contributed by atoms with E-state index in [4.69, 9.17) is 33.2 Å². The SMILES string of the molecule is CC(C)C.COCCCNC(=O)CCCC(=O)NC(CCC(=O)CCCCO[C@@H]1OC(CO)C(O)[C@H](O)C1C)(CCC(=O)NCCCO[C@@H]1OC(CO)C(O)[C@H](O)C1C)CC(=O)NCCCO[C@@H]1OC(CO)C(O)[C@H](O)C1C. The molecule has 0 radical (unpaired) electrons. The lowest BCUT2D eigenvalue weighted by Gasteiger charge is -2.40. The molecule has 3 fully saturated rings. The Hall–Kier alpha value is -3.09. The maximum atomic E-state index is 13.8. The standard InChI is InChI=1S/C49H88N4O21.C4H10/c1-29-40(62)43(65)33(26-54)72-46(29)69-22-6-5-11-32(57)14-16-49(53-38(60)13-7-12-36(58)50-18-8-21-68-4,25-39(61)52-20-10-24-71-48-31(3)42(64)45(67)35(28-56)74-48)17-15-37(59)51-19-9-23-70-47-30(2)41(63)44(66)34(27-55)73-47;1-4(2)3/h29-31,33-35,40-48,54-56,62-67H,5-28H2,1-4H3,(H,50,58)(H,51,59)(H,52,61)(H,53,60);4H,1-3H3/t29?,30?,31?,33?,34?,35?,40-,41-,42-,43?,44?,45?,46-,47-,48-,49?;/m1./s1. The van der Waals surface area contributed by atoms with Crippen LogP contribution in [0.15, 0.2) is 0 Å². The number of carbonyl (C=O) groups excluding carboxylic acids is 5. The van der Waals surface area contributed by atoms with Gasteiger partial charge in [-0.15, -0.1) is 0 Å². The fraction of sp³-hybridized carbons (Fsp3) is 0.906. The number of ketones is 1. The number of hydrogen-bond acceptors (Lipinski definition) is 21. The van der Waals surface area contributed by atoms with Crippen molar-refractivity contribution in [1.29, 1.82) is 0 Å². The predicted octanol–water partition coefficient (Wildman–Crippen LogP) is -1.20. The smallest absolute Gasteiger partial charge is 0.222 e. The van der Waals surface area contributed by atoms with Crippen molar-refractivity contribution in [3.63, 3.8) is 0 Å². The van der Waals surface area contributed by atoms with Crippen LogP contribution in [0.1, 0.15) is 131 Å². The third-order valence-electron chi connectivity index (χ3n) is 13.8. The number of methoxy groups -OCH3 is 1. The largest absolute Gasteiger partial charge is 0.394 e. The zero-order valence-electron chi connectivity index (χ0n) is 47.1. The van der Waals surface area contributed by atoms with Gasteiger partial charge in [0, 0.05) is 102 Å². The summed E-state index contributed by atoms with van der Waals surface area (Å²) in [5.41, 5.74) is -1.42. The van der Waals surface area contributed by atoms with Gasteiger partial charge in [0.1, 0.15) is 42.4 Å². The van der Waals surface area contributed by atoms with Crippen molar-refractivity contribution in [1.82, 2.24) is 21.3 Å². The fourth-order valence-electron chi connectivity index (χ4n) is 8.94. The lowest BCUT2D eigenvalue weighted by atomic mass is 9.83. The van der Waals surface area contributed by atoms with Crippen molar-refractivity contribution in [2.75, 3.05) is 73.0 Å². The summed E-state index contributed by atoms with van der Waals surface area (Å²) in [5, 5.41) is 102. The van der Waals surface area contributed by atoms with E-state index in [0.717, 1.165) is 5.92 Å². The van der Waals surface area contributed by atoms with Gasteiger partial charge in [0.2, 0.25) is 23.6 Å². The zero-order valence-corrected chi connectivity index (χ0v) is 47.1. The van der Waals surface area contributed by atoms with Crippen LogP contribution in [-0.4, -0.2) is 228 Å². The number of aliphatic hydroxyl groups is 9. The molecule has 0 bridgehead atoms. The highest BCUT2D eigenvalue weighted by molar-refractivity contribution is 5.83. The number of unbranched alkanes of at least 4 members (excludes halogenated alkanes) is 1. The van der Waals surface area contributed by atoms with E-state index in [9.17, 15) is 69.9 Å². The van der Waals surface area contributed by atoms with Gasteiger partial charge in [-0.2, -0.15) is 0 Å². The predicted molar refractivity (Wildman–Crippen MR) is 281 cm³/mol. The quantitative estimate of drug-likeness (QED) is 0.0328. The van der Waals surface area contributed by atoms with Gasteiger partial charge >= 0.3 is 0 Å². The summed E-state index contributed by atoms with van der Waals surface area (Å²) >= 11 is 0. The lowest BCUT2D eigenvalue weighted by molar-refractivity contribution is -0.282. The molecule has 0 saturated carbocycles. The second-order valence-electron chi connectivity index (χ2n) is 21.5. The van der Waals surface area contributed by atoms with E-state index in [2.05, 4.69) is 42.0 Å². The first-order valence-corrected chi connectivity index (χ1v) is 27.9. The van der Waals surface area contributed by atoms with Crippen LogP contribution >= 0.6 is 0 Å². The van der Waals surface area contributed by atoms with Crippen LogP contribution in [0.5, 0.6) is 0 Å². The molecular formula is C53H98N4O21. The monoisotopic (exact) mass is 1130 g/mol. The average molecular weight is 1130 g/mol. The molecule has 3 rings (SSSR count). The topological polar surface area (TPSA) is 380 Å². The van der Waals surface area contributed by atoms with E-state index >= 15 is 0 Å². The van der Waals surface area contributed by atoms with E-state index in [1.54, 1.807) is 27.9 Å². The highest BCUT2D eigenvalue weighted by Crippen LogP contribution is 2.30. The molecule has 25 nitrogen and oxygen atoms in total. The molecule has 78 heavy (non-hydrogen) atoms. The van der Waals surface area contributed by atoms with E-state index in [0.29, 0.717) is 38.8 Å². The first kappa shape index (κ1) is 71.0. The number of nitrogens with one attached hydrogen (secondary N) is 4. The van der Waals surface area contributed by atoms with Crippen LogP contribution in [0.4, 0.5) is 0 Å². The van der Waals surface area contributed by atoms with Crippen LogP contribution in [0, 0.1) is 23.7 Å². The molecule has 456 valence electrons. The van der Waals surface area contributed by atoms with Crippen molar-refractivity contribution >= 4 is 29.4 Å². The van der Waals surface area contributed by atoms with Gasteiger partial charge in [-0.05, 0) is 57.3 Å². The van der Waals surface area contributed by atoms with Crippen molar-refractivity contribution in [2.24, 2.45) is 23.7 Å². The van der Waals surface area contributed by atoms with E-state index < -0.39 is 135 Å². The molecule has 0 aromatic carbocycles. The Labute approximate surface area is 460 Å². The molecule has 3 aliphatic heterocycles. The lowest BCUT2D eigenvalue weighted by Crippen LogP contribution is -2.55. The maximum Gasteiger partial charge on any atom is 0.222 e. The van der Waals surface area contributed by atoms with Gasteiger partial charge in [-0.1, -0.05) is 41.5 Å². The van der Waals surface area contributed by atoms with Crippen molar-refractivity contribution in [3.8, 4) is 0 Å². The summed E-state index contributed by atoms with van der Waals surface area (Å²) in [6.45, 7) is 11.2. The minimum atomic E-state index is -1.42. The normalized spacial score (nSPS) is 29.9. The number of carbonyl (C=O) groups is 5. The molecule has 16 atom stereocenters. The number of hydrogen-bond donors (Lipinski definition) is 13. The second kappa shape index (κ2) is 38.6. The van der Waals surface area contributed by atoms with Crippen LogP contribution < -0.4 is 21.3 Å². The number of amides is 4. The molecule has 3 saturated heterocycles. The van der Waals surface area contributed by atoms with Gasteiger partial charge in [0.05, 0.1) is 51.3 Å². The van der Waals surface area contributed by atoms with Gasteiger partial charge in [0.25, 0.3) is 0 Å². The zero-order chi connectivity index (χ0) is 58.4. The second-order valence-corrected chi connectivity index (χ2v) is 21.5. The molecule has 25 heteroatoms. The van der Waals surface area contributed by atoms with Crippen LogP contribution in [0.3, 0.4) is 0 Å². The molecule has 4 amide bonds. The Morgan fingerprint density at radius 3 is 1.27 bits per heavy atom. The van der Waals surface area contributed by atoms with Crippen molar-refractivity contribution in [3.05, 3.63) is 0 Å². The fourth-order valence-corrected chi connectivity index (χ4v) is 8.94. The molecule has 13 N–H and O–H groups in total. The number of rotatable bonds is 36. The molecule has 0 aromatic rings. The summed E-state index contributed by atoms with van der Waals surface area (Å²) in [7, 11) is 1.55. The molecule has 0 aliphatic carbocycles. The Kier molecular flexibility index (Phi) is 35.1. The van der Waals surface area contributed by atoms with Crippen LogP contribution in [0.2, 0.25) is 0 Å². The average Bonchev–Trinajstić information content (AvgIpc) is 3.40. The van der Waals surface area contributed by atoms with E-state index in [-0.39, 0.29) is 109 Å². The molecule has 3 aliphatic rings. The Morgan fingerprint density at radius 1 is 0.474 bits per heavy atom. The minimum Gasteiger partial charge on any atom is -0.394 e. The maximum absolute atomic E-state index is 13.8. The van der Waals surface area contributed by atoms with Gasteiger partial charge in [-0.25, -0.2) is 0 Å². The minimum absolute atomic E-state index is 0.0338. The highest BCUT2D eigenvalue weighted by atomic mass is 16.7. The first-order chi connectivity index (χ1) is 37.0. The van der Waals surface area contributed by atoms with E-state index in [1.807, 2.05) is 0 Å². The third kappa shape index (κ3) is 25.8. The number of ether oxygens (including phenoxy) is 7. The van der Waals surface area contributed by atoms with Gasteiger partial charge < -0.3 is 100 Å². The van der Waals surface area contributed by atoms with E-state index in [1.165, 1.54) is 0 Å². The Morgan fingerprint density at radius 2 is 0.846 bits per heavy atom. The van der Waals surface area contributed by atoms with Crippen molar-refractivity contribution in [2.45, 2.75) is 211 Å². The van der Waals surface area contributed by atoms with Gasteiger partial charge in [-0.3, -0.25) is 24.0 Å².